The maximum absolute atomic E-state index is 12.1. The molecule has 0 atom stereocenters. The average molecular weight is 355 g/mol. The van der Waals surface area contributed by atoms with Gasteiger partial charge in [-0.2, -0.15) is 0 Å². The topological polar surface area (TPSA) is 59.8 Å². The summed E-state index contributed by atoms with van der Waals surface area (Å²) in [7, 11) is 0. The fourth-order valence-corrected chi connectivity index (χ4v) is 2.79. The largest absolute Gasteiger partial charge is 0.352 e. The first-order valence-corrected chi connectivity index (χ1v) is 8.46. The van der Waals surface area contributed by atoms with E-state index < -0.39 is 0 Å². The number of aryl methyl sites for hydroxylation is 2. The number of imidazole rings is 1. The molecule has 0 saturated carbocycles. The van der Waals surface area contributed by atoms with Crippen LogP contribution in [0.5, 0.6) is 0 Å². The third-order valence-corrected chi connectivity index (χ3v) is 4.32. The van der Waals surface area contributed by atoms with Gasteiger partial charge in [-0.25, -0.2) is 9.97 Å². The number of amides is 1. The molecule has 0 aliphatic heterocycles. The quantitative estimate of drug-likeness (QED) is 0.737. The van der Waals surface area contributed by atoms with Crippen molar-refractivity contribution in [3.05, 3.63) is 77.0 Å². The molecule has 0 radical (unpaired) electrons. The number of carbonyl (C=O) groups is 1. The second-order valence-corrected chi connectivity index (χ2v) is 6.14. The smallest absolute Gasteiger partial charge is 0.220 e. The molecule has 128 valence electrons. The van der Waals surface area contributed by atoms with Gasteiger partial charge in [-0.3, -0.25) is 9.36 Å². The number of nitrogens with one attached hydrogen (secondary N) is 1. The Kier molecular flexibility index (Phi) is 5.46. The SMILES string of the molecule is Cc1nccn1-c1cc(CNC(=O)CCc2ccccc2Cl)ccn1. The molecule has 6 heteroatoms. The molecule has 0 saturated heterocycles. The monoisotopic (exact) mass is 354 g/mol. The van der Waals surface area contributed by atoms with Crippen molar-refractivity contribution in [2.24, 2.45) is 0 Å². The van der Waals surface area contributed by atoms with Gasteiger partial charge in [0, 0.05) is 36.6 Å². The minimum absolute atomic E-state index is 0.00269. The Labute approximate surface area is 151 Å². The van der Waals surface area contributed by atoms with Crippen LogP contribution in [0.2, 0.25) is 5.02 Å². The number of halogens is 1. The molecule has 2 heterocycles. The van der Waals surface area contributed by atoms with Gasteiger partial charge in [0.2, 0.25) is 5.91 Å². The van der Waals surface area contributed by atoms with E-state index in [1.54, 1.807) is 12.4 Å². The summed E-state index contributed by atoms with van der Waals surface area (Å²) in [6.45, 7) is 2.38. The molecule has 1 N–H and O–H groups in total. The maximum Gasteiger partial charge on any atom is 0.220 e. The molecule has 3 aromatic rings. The molecule has 0 fully saturated rings. The lowest BCUT2D eigenvalue weighted by Gasteiger charge is -2.09. The normalized spacial score (nSPS) is 10.6. The van der Waals surface area contributed by atoms with Crippen LogP contribution < -0.4 is 5.32 Å². The number of hydrogen-bond acceptors (Lipinski definition) is 3. The number of aromatic nitrogens is 3. The molecule has 1 aromatic carbocycles. The van der Waals surface area contributed by atoms with Crippen molar-refractivity contribution in [1.29, 1.82) is 0 Å². The van der Waals surface area contributed by atoms with E-state index in [4.69, 9.17) is 11.6 Å². The van der Waals surface area contributed by atoms with E-state index >= 15 is 0 Å². The molecule has 0 bridgehead atoms. The zero-order valence-corrected chi connectivity index (χ0v) is 14.7. The van der Waals surface area contributed by atoms with Crippen molar-refractivity contribution < 1.29 is 4.79 Å². The zero-order valence-electron chi connectivity index (χ0n) is 13.9. The number of carbonyl (C=O) groups excluding carboxylic acids is 1. The van der Waals surface area contributed by atoms with Crippen LogP contribution in [0.4, 0.5) is 0 Å². The van der Waals surface area contributed by atoms with Gasteiger partial charge in [-0.15, -0.1) is 0 Å². The van der Waals surface area contributed by atoms with E-state index in [1.165, 1.54) is 0 Å². The van der Waals surface area contributed by atoms with Gasteiger partial charge in [0.1, 0.15) is 11.6 Å². The van der Waals surface area contributed by atoms with Crippen LogP contribution in [0, 0.1) is 6.92 Å². The minimum Gasteiger partial charge on any atom is -0.352 e. The first-order valence-electron chi connectivity index (χ1n) is 8.09. The van der Waals surface area contributed by atoms with Gasteiger partial charge in [-0.1, -0.05) is 29.8 Å². The highest BCUT2D eigenvalue weighted by atomic mass is 35.5. The maximum atomic E-state index is 12.1. The standard InChI is InChI=1S/C19H19ClN4O/c1-14-21-10-11-24(14)18-12-15(8-9-22-18)13-23-19(25)7-6-16-4-2-3-5-17(16)20/h2-5,8-12H,6-7,13H2,1H3,(H,23,25). The van der Waals surface area contributed by atoms with E-state index in [-0.39, 0.29) is 5.91 Å². The minimum atomic E-state index is -0.00269. The Morgan fingerprint density at radius 1 is 1.20 bits per heavy atom. The van der Waals surface area contributed by atoms with Crippen molar-refractivity contribution in [2.75, 3.05) is 0 Å². The Balaban J connectivity index is 1.56. The van der Waals surface area contributed by atoms with E-state index in [0.29, 0.717) is 24.4 Å². The fourth-order valence-electron chi connectivity index (χ4n) is 2.56. The summed E-state index contributed by atoms with van der Waals surface area (Å²) in [5, 5.41) is 3.64. The Morgan fingerprint density at radius 2 is 2.04 bits per heavy atom. The summed E-state index contributed by atoms with van der Waals surface area (Å²) in [5.41, 5.74) is 1.98. The van der Waals surface area contributed by atoms with Crippen LogP contribution in [0.1, 0.15) is 23.4 Å². The highest BCUT2D eigenvalue weighted by Gasteiger charge is 2.06. The molecule has 25 heavy (non-hydrogen) atoms. The summed E-state index contributed by atoms with van der Waals surface area (Å²) >= 11 is 6.11. The van der Waals surface area contributed by atoms with Crippen molar-refractivity contribution in [2.45, 2.75) is 26.3 Å². The summed E-state index contributed by atoms with van der Waals surface area (Å²) in [5.74, 6) is 1.66. The molecular weight excluding hydrogens is 336 g/mol. The van der Waals surface area contributed by atoms with Gasteiger partial charge in [0.15, 0.2) is 0 Å². The Bertz CT molecular complexity index is 875. The lowest BCUT2D eigenvalue weighted by atomic mass is 10.1. The molecule has 3 rings (SSSR count). The first kappa shape index (κ1) is 17.2. The number of nitrogens with zero attached hydrogens (tertiary/aromatic N) is 3. The lowest BCUT2D eigenvalue weighted by Crippen LogP contribution is -2.23. The van der Waals surface area contributed by atoms with Gasteiger partial charge in [0.25, 0.3) is 0 Å². The second kappa shape index (κ2) is 7.94. The summed E-state index contributed by atoms with van der Waals surface area (Å²) in [6.07, 6.45) is 6.37. The molecule has 5 nitrogen and oxygen atoms in total. The van der Waals surface area contributed by atoms with Gasteiger partial charge in [-0.05, 0) is 42.7 Å². The first-order chi connectivity index (χ1) is 12.1. The highest BCUT2D eigenvalue weighted by molar-refractivity contribution is 6.31. The number of pyridine rings is 1. The fraction of sp³-hybridized carbons (Fsp3) is 0.211. The van der Waals surface area contributed by atoms with Gasteiger partial charge < -0.3 is 5.32 Å². The summed E-state index contributed by atoms with van der Waals surface area (Å²) in [6, 6.07) is 11.4. The number of benzene rings is 1. The van der Waals surface area contributed by atoms with Crippen molar-refractivity contribution in [3.8, 4) is 5.82 Å². The molecule has 2 aromatic heterocycles. The van der Waals surface area contributed by atoms with E-state index in [1.807, 2.05) is 54.1 Å². The van der Waals surface area contributed by atoms with Crippen molar-refractivity contribution >= 4 is 17.5 Å². The van der Waals surface area contributed by atoms with Gasteiger partial charge >= 0.3 is 0 Å². The van der Waals surface area contributed by atoms with E-state index in [9.17, 15) is 4.79 Å². The Morgan fingerprint density at radius 3 is 2.80 bits per heavy atom. The number of rotatable bonds is 6. The van der Waals surface area contributed by atoms with E-state index in [2.05, 4.69) is 15.3 Å². The van der Waals surface area contributed by atoms with Crippen LogP contribution in [-0.4, -0.2) is 20.4 Å². The predicted octanol–water partition coefficient (Wildman–Crippen LogP) is 3.48. The third-order valence-electron chi connectivity index (χ3n) is 3.95. The molecular formula is C19H19ClN4O. The second-order valence-electron chi connectivity index (χ2n) is 5.73. The van der Waals surface area contributed by atoms with Crippen molar-refractivity contribution in [1.82, 2.24) is 19.9 Å². The number of hydrogen-bond donors (Lipinski definition) is 1. The lowest BCUT2D eigenvalue weighted by molar-refractivity contribution is -0.121. The van der Waals surface area contributed by atoms with Crippen molar-refractivity contribution in [3.63, 3.8) is 0 Å². The molecule has 0 unspecified atom stereocenters. The highest BCUT2D eigenvalue weighted by Crippen LogP contribution is 2.16. The average Bonchev–Trinajstić information content (AvgIpc) is 3.05. The third kappa shape index (κ3) is 4.45. The van der Waals surface area contributed by atoms with Crippen LogP contribution >= 0.6 is 11.6 Å². The molecule has 0 aliphatic rings. The van der Waals surface area contributed by atoms with Gasteiger partial charge in [0.05, 0.1) is 0 Å². The Hall–Kier alpha value is -2.66. The molecule has 1 amide bonds. The van der Waals surface area contributed by atoms with Crippen LogP contribution in [0.25, 0.3) is 5.82 Å². The predicted molar refractivity (Wildman–Crippen MR) is 97.7 cm³/mol. The van der Waals surface area contributed by atoms with Crippen LogP contribution in [0.15, 0.2) is 55.0 Å². The zero-order chi connectivity index (χ0) is 17.6. The summed E-state index contributed by atoms with van der Waals surface area (Å²) in [4.78, 5) is 20.6. The molecule has 0 aliphatic carbocycles. The summed E-state index contributed by atoms with van der Waals surface area (Å²) < 4.78 is 1.91. The molecule has 0 spiro atoms. The van der Waals surface area contributed by atoms with E-state index in [0.717, 1.165) is 22.8 Å². The van der Waals surface area contributed by atoms with Crippen LogP contribution in [0.3, 0.4) is 0 Å². The van der Waals surface area contributed by atoms with Crippen LogP contribution in [-0.2, 0) is 17.8 Å².